The van der Waals surface area contributed by atoms with Crippen molar-refractivity contribution >= 4 is 41.8 Å². The van der Waals surface area contributed by atoms with Crippen molar-refractivity contribution in [3.8, 4) is 0 Å². The number of allylic oxidation sites excluding steroid dienone is 2. The number of aryl methyl sites for hydroxylation is 1. The molecule has 1 saturated carbocycles. The molecule has 0 spiro atoms. The van der Waals surface area contributed by atoms with Crippen molar-refractivity contribution in [2.45, 2.75) is 26.8 Å². The minimum atomic E-state index is -0.128. The van der Waals surface area contributed by atoms with Crippen LogP contribution in [0, 0.1) is 30.6 Å². The first-order valence-electron chi connectivity index (χ1n) is 10.1. The molecule has 29 heavy (non-hydrogen) atoms. The summed E-state index contributed by atoms with van der Waals surface area (Å²) in [4.78, 5) is 35.9. The van der Waals surface area contributed by atoms with E-state index in [4.69, 9.17) is 0 Å². The summed E-state index contributed by atoms with van der Waals surface area (Å²) in [5.74, 6) is 0.912. The maximum absolute atomic E-state index is 12.7. The summed E-state index contributed by atoms with van der Waals surface area (Å²) in [7, 11) is 0. The zero-order valence-electron chi connectivity index (χ0n) is 16.8. The first-order valence-corrected chi connectivity index (χ1v) is 10.1. The van der Waals surface area contributed by atoms with Crippen LogP contribution in [0.25, 0.3) is 0 Å². The number of aromatic nitrogens is 1. The Labute approximate surface area is 188 Å². The highest BCUT2D eigenvalue weighted by atomic mass is 127. The minimum absolute atomic E-state index is 0. The number of guanidine groups is 1. The van der Waals surface area contributed by atoms with Gasteiger partial charge in [-0.25, -0.2) is 4.99 Å². The molecule has 2 heterocycles. The molecule has 0 aromatic carbocycles. The van der Waals surface area contributed by atoms with Crippen molar-refractivity contribution in [2.24, 2.45) is 28.7 Å². The number of carbonyl (C=O) groups excluding carboxylic acids is 2. The van der Waals surface area contributed by atoms with Crippen LogP contribution in [0.15, 0.2) is 35.3 Å². The van der Waals surface area contributed by atoms with E-state index in [-0.39, 0.29) is 59.5 Å². The van der Waals surface area contributed by atoms with Gasteiger partial charge < -0.3 is 10.6 Å². The molecule has 4 rings (SSSR count). The Bertz CT molecular complexity index is 810. The Morgan fingerprint density at radius 3 is 2.48 bits per heavy atom. The maximum Gasteiger partial charge on any atom is 0.233 e. The molecule has 2 aliphatic carbocycles. The van der Waals surface area contributed by atoms with Gasteiger partial charge in [-0.3, -0.25) is 19.5 Å². The van der Waals surface area contributed by atoms with Crippen LogP contribution < -0.4 is 10.6 Å². The number of likely N-dealkylation sites (tertiary alicyclic amines) is 1. The van der Waals surface area contributed by atoms with E-state index in [0.29, 0.717) is 25.6 Å². The molecular weight excluding hydrogens is 481 g/mol. The number of hydrogen-bond donors (Lipinski definition) is 2. The van der Waals surface area contributed by atoms with Crippen LogP contribution in [0.2, 0.25) is 0 Å². The Morgan fingerprint density at radius 2 is 1.86 bits per heavy atom. The van der Waals surface area contributed by atoms with Crippen LogP contribution in [0.4, 0.5) is 0 Å². The van der Waals surface area contributed by atoms with Crippen LogP contribution in [0.1, 0.15) is 24.7 Å². The van der Waals surface area contributed by atoms with E-state index < -0.39 is 0 Å². The summed E-state index contributed by atoms with van der Waals surface area (Å²) in [6.45, 7) is 6.01. The van der Waals surface area contributed by atoms with Crippen LogP contribution >= 0.6 is 24.0 Å². The molecule has 8 heteroatoms. The molecule has 1 saturated heterocycles. The summed E-state index contributed by atoms with van der Waals surface area (Å²) >= 11 is 0. The molecule has 1 aromatic rings. The number of nitrogens with zero attached hydrogens (tertiary/aromatic N) is 3. The highest BCUT2D eigenvalue weighted by Crippen LogP contribution is 2.52. The highest BCUT2D eigenvalue weighted by Gasteiger charge is 2.58. The van der Waals surface area contributed by atoms with Crippen molar-refractivity contribution in [1.29, 1.82) is 0 Å². The van der Waals surface area contributed by atoms with Crippen LogP contribution in [-0.4, -0.2) is 47.3 Å². The van der Waals surface area contributed by atoms with Gasteiger partial charge in [0.25, 0.3) is 0 Å². The van der Waals surface area contributed by atoms with E-state index in [0.717, 1.165) is 24.4 Å². The number of carbonyl (C=O) groups is 2. The van der Waals surface area contributed by atoms with E-state index in [1.807, 2.05) is 32.0 Å². The molecule has 4 atom stereocenters. The Kier molecular flexibility index (Phi) is 6.92. The lowest BCUT2D eigenvalue weighted by Gasteiger charge is -2.18. The molecule has 2 fully saturated rings. The molecule has 4 unspecified atom stereocenters. The normalized spacial score (nSPS) is 27.2. The molecular formula is C21H28IN5O2. The fourth-order valence-corrected chi connectivity index (χ4v) is 4.66. The molecule has 2 amide bonds. The van der Waals surface area contributed by atoms with Crippen LogP contribution in [0.3, 0.4) is 0 Å². The third-order valence-electron chi connectivity index (χ3n) is 5.88. The van der Waals surface area contributed by atoms with Crippen molar-refractivity contribution in [3.63, 3.8) is 0 Å². The Hall–Kier alpha value is -1.97. The van der Waals surface area contributed by atoms with Gasteiger partial charge in [0.2, 0.25) is 11.8 Å². The first kappa shape index (κ1) is 21.7. The molecule has 1 aliphatic heterocycles. The second kappa shape index (κ2) is 9.23. The molecule has 2 N–H and O–H groups in total. The fraction of sp³-hybridized carbons (Fsp3) is 0.524. The van der Waals surface area contributed by atoms with Gasteiger partial charge in [-0.15, -0.1) is 24.0 Å². The summed E-state index contributed by atoms with van der Waals surface area (Å²) in [6.07, 6.45) is 5.20. The molecule has 2 bridgehead atoms. The number of amides is 2. The molecule has 3 aliphatic rings. The smallest absolute Gasteiger partial charge is 0.233 e. The standard InChI is InChI=1S/C21H27N5O2.HI/c1-3-22-21(24-12-16-6-4-5-13(2)25-16)23-9-10-26-19(27)17-14-7-8-15(11-14)18(17)20(26)28;/h4-8,14-15,17-18H,3,9-12H2,1-2H3,(H2,22,23,24);1H. The van der Waals surface area contributed by atoms with Gasteiger partial charge in [-0.1, -0.05) is 18.2 Å². The van der Waals surface area contributed by atoms with Gasteiger partial charge in [-0.05, 0) is 44.2 Å². The number of halogens is 1. The van der Waals surface area contributed by atoms with E-state index in [1.165, 1.54) is 4.90 Å². The number of nitrogens with one attached hydrogen (secondary N) is 2. The Balaban J connectivity index is 0.00000240. The number of imide groups is 1. The topological polar surface area (TPSA) is 86.7 Å². The van der Waals surface area contributed by atoms with Gasteiger partial charge >= 0.3 is 0 Å². The van der Waals surface area contributed by atoms with Crippen molar-refractivity contribution in [2.75, 3.05) is 19.6 Å². The zero-order valence-corrected chi connectivity index (χ0v) is 19.1. The lowest BCUT2D eigenvalue weighted by molar-refractivity contribution is -0.140. The average Bonchev–Trinajstić information content (AvgIpc) is 3.35. The second-order valence-electron chi connectivity index (χ2n) is 7.72. The first-order chi connectivity index (χ1) is 13.6. The summed E-state index contributed by atoms with van der Waals surface area (Å²) in [5.41, 5.74) is 1.86. The SMILES string of the molecule is CCNC(=NCc1cccc(C)n1)NCCN1C(=O)C2C3C=CC(C3)C2C1=O.I. The summed E-state index contributed by atoms with van der Waals surface area (Å²) in [6, 6.07) is 5.87. The second-order valence-corrected chi connectivity index (χ2v) is 7.72. The average molecular weight is 509 g/mol. The van der Waals surface area contributed by atoms with Crippen LogP contribution in [0.5, 0.6) is 0 Å². The zero-order chi connectivity index (χ0) is 19.7. The monoisotopic (exact) mass is 509 g/mol. The van der Waals surface area contributed by atoms with Crippen molar-refractivity contribution in [1.82, 2.24) is 20.5 Å². The fourth-order valence-electron chi connectivity index (χ4n) is 4.66. The Morgan fingerprint density at radius 1 is 1.17 bits per heavy atom. The highest BCUT2D eigenvalue weighted by molar-refractivity contribution is 14.0. The molecule has 156 valence electrons. The number of pyridine rings is 1. The maximum atomic E-state index is 12.7. The van der Waals surface area contributed by atoms with Gasteiger partial charge in [0.05, 0.1) is 24.1 Å². The van der Waals surface area contributed by atoms with E-state index in [2.05, 4.69) is 32.8 Å². The third kappa shape index (κ3) is 4.31. The van der Waals surface area contributed by atoms with E-state index in [1.54, 1.807) is 0 Å². The van der Waals surface area contributed by atoms with Gasteiger partial charge in [-0.2, -0.15) is 0 Å². The third-order valence-corrected chi connectivity index (χ3v) is 5.88. The van der Waals surface area contributed by atoms with E-state index >= 15 is 0 Å². The van der Waals surface area contributed by atoms with Gasteiger partial charge in [0, 0.05) is 25.3 Å². The van der Waals surface area contributed by atoms with Gasteiger partial charge in [0.1, 0.15) is 0 Å². The number of aliphatic imine (C=N–C) groups is 1. The number of fused-ring (bicyclic) bond motifs is 5. The molecule has 1 aromatic heterocycles. The lowest BCUT2D eigenvalue weighted by Crippen LogP contribution is -2.43. The predicted molar refractivity (Wildman–Crippen MR) is 122 cm³/mol. The molecule has 0 radical (unpaired) electrons. The predicted octanol–water partition coefficient (Wildman–Crippen LogP) is 1.87. The lowest BCUT2D eigenvalue weighted by atomic mass is 9.85. The quantitative estimate of drug-likeness (QED) is 0.201. The van der Waals surface area contributed by atoms with Crippen molar-refractivity contribution in [3.05, 3.63) is 41.7 Å². The van der Waals surface area contributed by atoms with Gasteiger partial charge in [0.15, 0.2) is 5.96 Å². The summed E-state index contributed by atoms with van der Waals surface area (Å²) in [5, 5.41) is 6.42. The van der Waals surface area contributed by atoms with Crippen molar-refractivity contribution < 1.29 is 9.59 Å². The number of rotatable bonds is 6. The summed E-state index contributed by atoms with van der Waals surface area (Å²) < 4.78 is 0. The molecule has 7 nitrogen and oxygen atoms in total. The largest absolute Gasteiger partial charge is 0.357 e. The van der Waals surface area contributed by atoms with Crippen LogP contribution in [-0.2, 0) is 16.1 Å². The number of hydrogen-bond acceptors (Lipinski definition) is 4. The van der Waals surface area contributed by atoms with E-state index in [9.17, 15) is 9.59 Å². The minimum Gasteiger partial charge on any atom is -0.357 e.